The number of likely N-dealkylation sites (tertiary alicyclic amines) is 1. The van der Waals surface area contributed by atoms with Gasteiger partial charge in [0.15, 0.2) is 6.17 Å². The van der Waals surface area contributed by atoms with Crippen molar-refractivity contribution in [2.75, 3.05) is 20.2 Å². The highest BCUT2D eigenvalue weighted by Gasteiger charge is 2.40. The molecule has 2 heterocycles. The lowest BCUT2D eigenvalue weighted by molar-refractivity contribution is -0.139. The lowest BCUT2D eigenvalue weighted by Crippen LogP contribution is -2.56. The Labute approximate surface area is 137 Å². The summed E-state index contributed by atoms with van der Waals surface area (Å²) in [6.07, 6.45) is 4.89. The highest BCUT2D eigenvalue weighted by Crippen LogP contribution is 2.25. The summed E-state index contributed by atoms with van der Waals surface area (Å²) in [5.41, 5.74) is 3.32. The summed E-state index contributed by atoms with van der Waals surface area (Å²) in [5, 5.41) is 5.50. The summed E-state index contributed by atoms with van der Waals surface area (Å²) in [4.78, 5) is 14.3. The van der Waals surface area contributed by atoms with Crippen LogP contribution in [-0.4, -0.2) is 66.7 Å². The molecule has 7 heteroatoms. The third-order valence-electron chi connectivity index (χ3n) is 5.41. The smallest absolute Gasteiger partial charge is 0.255 e. The Hall–Kier alpha value is -0.760. The Bertz CT molecular complexity index is 419. The molecule has 2 N–H and O–H groups in total. The average molecular weight is 328 g/mol. The van der Waals surface area contributed by atoms with Crippen molar-refractivity contribution < 1.29 is 13.9 Å². The first-order chi connectivity index (χ1) is 11.1. The van der Waals surface area contributed by atoms with Crippen molar-refractivity contribution in [3.05, 3.63) is 0 Å². The largest absolute Gasteiger partial charge is 0.378 e. The van der Waals surface area contributed by atoms with E-state index >= 15 is 0 Å². The number of hydrazine groups is 1. The number of alkyl halides is 1. The van der Waals surface area contributed by atoms with Gasteiger partial charge >= 0.3 is 0 Å². The molecule has 0 aromatic heterocycles. The van der Waals surface area contributed by atoms with Crippen LogP contribution in [0.1, 0.15) is 45.4 Å². The molecular formula is C16H29FN4O2. The zero-order valence-corrected chi connectivity index (χ0v) is 14.1. The predicted octanol–water partition coefficient (Wildman–Crippen LogP) is 0.986. The molecular weight excluding hydrogens is 299 g/mol. The van der Waals surface area contributed by atoms with Crippen molar-refractivity contribution in [3.63, 3.8) is 0 Å². The van der Waals surface area contributed by atoms with Gasteiger partial charge in [-0.15, -0.1) is 0 Å². The number of piperidine rings is 1. The van der Waals surface area contributed by atoms with Gasteiger partial charge in [-0.3, -0.25) is 10.1 Å². The second-order valence-corrected chi connectivity index (χ2v) is 6.97. The minimum atomic E-state index is -1.11. The van der Waals surface area contributed by atoms with Crippen molar-refractivity contribution in [3.8, 4) is 0 Å². The molecule has 1 amide bonds. The van der Waals surface area contributed by atoms with Gasteiger partial charge in [0.05, 0.1) is 18.8 Å². The first-order valence-electron chi connectivity index (χ1n) is 8.86. The van der Waals surface area contributed by atoms with Crippen LogP contribution in [0, 0.1) is 0 Å². The van der Waals surface area contributed by atoms with Gasteiger partial charge in [-0.25, -0.2) is 14.8 Å². The van der Waals surface area contributed by atoms with Crippen LogP contribution in [0.25, 0.3) is 0 Å². The number of methoxy groups -OCH3 is 1. The molecule has 0 radical (unpaired) electrons. The number of ether oxygens (including phenoxy) is 1. The van der Waals surface area contributed by atoms with E-state index in [4.69, 9.17) is 4.74 Å². The number of amides is 1. The van der Waals surface area contributed by atoms with Crippen molar-refractivity contribution >= 4 is 5.91 Å². The molecule has 1 saturated carbocycles. The fraction of sp³-hybridized carbons (Fsp3) is 0.938. The van der Waals surface area contributed by atoms with Crippen LogP contribution in [0.4, 0.5) is 4.39 Å². The lowest BCUT2D eigenvalue weighted by atomic mass is 9.95. The number of nitrogens with zero attached hydrogens (tertiary/aromatic N) is 2. The van der Waals surface area contributed by atoms with Crippen LogP contribution in [-0.2, 0) is 9.53 Å². The molecule has 132 valence electrons. The number of rotatable bonds is 3. The Morgan fingerprint density at radius 2 is 1.96 bits per heavy atom. The molecule has 3 rings (SSSR count). The first-order valence-corrected chi connectivity index (χ1v) is 8.86. The van der Waals surface area contributed by atoms with Gasteiger partial charge in [0.25, 0.3) is 5.91 Å². The monoisotopic (exact) mass is 328 g/mol. The number of halogens is 1. The van der Waals surface area contributed by atoms with E-state index in [9.17, 15) is 9.18 Å². The minimum absolute atomic E-state index is 0.0626. The van der Waals surface area contributed by atoms with Crippen LogP contribution in [0.15, 0.2) is 0 Å². The Morgan fingerprint density at radius 3 is 2.61 bits per heavy atom. The van der Waals surface area contributed by atoms with Crippen LogP contribution in [0.3, 0.4) is 0 Å². The van der Waals surface area contributed by atoms with Crippen LogP contribution in [0.5, 0.6) is 0 Å². The molecule has 0 aromatic carbocycles. The fourth-order valence-corrected chi connectivity index (χ4v) is 4.06. The Morgan fingerprint density at radius 1 is 1.22 bits per heavy atom. The zero-order valence-electron chi connectivity index (χ0n) is 14.1. The zero-order chi connectivity index (χ0) is 16.4. The molecule has 4 atom stereocenters. The average Bonchev–Trinajstić information content (AvgIpc) is 2.96. The Kier molecular flexibility index (Phi) is 5.51. The Balaban J connectivity index is 1.56. The fourth-order valence-electron chi connectivity index (χ4n) is 4.06. The second-order valence-electron chi connectivity index (χ2n) is 6.97. The van der Waals surface area contributed by atoms with Crippen LogP contribution < -0.4 is 10.7 Å². The molecule has 0 bridgehead atoms. The SMILES string of the molecule is CO[C@H]1CCN(C(=O)C2NC(C)N(C3CCCCC3)N2)C[C@H]1F. The molecule has 1 aliphatic carbocycles. The van der Waals surface area contributed by atoms with Crippen LogP contribution >= 0.6 is 0 Å². The van der Waals surface area contributed by atoms with Crippen LogP contribution in [0.2, 0.25) is 0 Å². The first kappa shape index (κ1) is 17.1. The lowest BCUT2D eigenvalue weighted by Gasteiger charge is -2.35. The number of nitrogens with one attached hydrogen (secondary N) is 2. The molecule has 6 nitrogen and oxygen atoms in total. The maximum atomic E-state index is 14.0. The van der Waals surface area contributed by atoms with Gasteiger partial charge in [0.1, 0.15) is 6.17 Å². The van der Waals surface area contributed by atoms with Crippen molar-refractivity contribution in [2.45, 2.75) is 76.1 Å². The predicted molar refractivity (Wildman–Crippen MR) is 85.1 cm³/mol. The number of carbonyl (C=O) groups is 1. The van der Waals surface area contributed by atoms with E-state index in [2.05, 4.69) is 22.7 Å². The molecule has 3 aliphatic rings. The van der Waals surface area contributed by atoms with Crippen molar-refractivity contribution in [1.29, 1.82) is 0 Å². The number of carbonyl (C=O) groups excluding carboxylic acids is 1. The van der Waals surface area contributed by atoms with Crippen molar-refractivity contribution in [1.82, 2.24) is 20.7 Å². The molecule has 2 unspecified atom stereocenters. The normalized spacial score (nSPS) is 37.3. The van der Waals surface area contributed by atoms with E-state index in [1.165, 1.54) is 39.2 Å². The van der Waals surface area contributed by atoms with E-state index in [1.54, 1.807) is 4.90 Å². The van der Waals surface area contributed by atoms with Gasteiger partial charge in [-0.05, 0) is 26.2 Å². The van der Waals surface area contributed by atoms with E-state index < -0.39 is 12.3 Å². The topological polar surface area (TPSA) is 56.8 Å². The van der Waals surface area contributed by atoms with Gasteiger partial charge in [-0.1, -0.05) is 19.3 Å². The summed E-state index contributed by atoms with van der Waals surface area (Å²) < 4.78 is 19.1. The summed E-state index contributed by atoms with van der Waals surface area (Å²) >= 11 is 0. The summed E-state index contributed by atoms with van der Waals surface area (Å²) in [6.45, 7) is 2.74. The summed E-state index contributed by atoms with van der Waals surface area (Å²) in [6, 6.07) is 0.484. The molecule has 2 saturated heterocycles. The van der Waals surface area contributed by atoms with Gasteiger partial charge in [0, 0.05) is 19.7 Å². The molecule has 0 spiro atoms. The van der Waals surface area contributed by atoms with E-state index in [-0.39, 0.29) is 24.7 Å². The van der Waals surface area contributed by atoms with Crippen molar-refractivity contribution in [2.24, 2.45) is 0 Å². The molecule has 0 aromatic rings. The summed E-state index contributed by atoms with van der Waals surface area (Å²) in [7, 11) is 1.53. The van der Waals surface area contributed by atoms with E-state index in [0.29, 0.717) is 19.0 Å². The van der Waals surface area contributed by atoms with Gasteiger partial charge in [0.2, 0.25) is 0 Å². The maximum Gasteiger partial charge on any atom is 0.255 e. The minimum Gasteiger partial charge on any atom is -0.378 e. The van der Waals surface area contributed by atoms with Gasteiger partial charge < -0.3 is 9.64 Å². The highest BCUT2D eigenvalue weighted by atomic mass is 19.1. The second kappa shape index (κ2) is 7.42. The quantitative estimate of drug-likeness (QED) is 0.809. The third kappa shape index (κ3) is 3.68. The molecule has 2 aliphatic heterocycles. The maximum absolute atomic E-state index is 14.0. The number of hydrogen-bond acceptors (Lipinski definition) is 5. The summed E-state index contributed by atoms with van der Waals surface area (Å²) in [5.74, 6) is -0.0626. The van der Waals surface area contributed by atoms with Gasteiger partial charge in [-0.2, -0.15) is 0 Å². The molecule has 23 heavy (non-hydrogen) atoms. The third-order valence-corrected chi connectivity index (χ3v) is 5.41. The standard InChI is InChI=1S/C16H29FN4O2/c1-11-18-15(19-21(11)12-6-4-3-5-7-12)16(22)20-9-8-14(23-2)13(17)10-20/h11-15,18-19H,3-10H2,1-2H3/t11?,13-,14+,15?/m1/s1. The molecule has 3 fully saturated rings. The van der Waals surface area contributed by atoms with E-state index in [0.717, 1.165) is 0 Å². The van der Waals surface area contributed by atoms with E-state index in [1.807, 2.05) is 0 Å². The number of hydrogen-bond donors (Lipinski definition) is 2. The highest BCUT2D eigenvalue weighted by molar-refractivity contribution is 5.82.